The van der Waals surface area contributed by atoms with Crippen LogP contribution in [0.5, 0.6) is 0 Å². The standard InChI is InChI=1S/C20H16FN7/c1-13(7-14-3-2-6-22-9-14)27-11-25-17-10-23-20(26-19(17)27)28-12-24-16-5-4-15(21)8-18(16)28/h2-6,8-13H,7H2,1H3. The first-order valence-electron chi connectivity index (χ1n) is 8.90. The Hall–Kier alpha value is -3.68. The van der Waals surface area contributed by atoms with Crippen LogP contribution < -0.4 is 0 Å². The Kier molecular flexibility index (Phi) is 3.82. The van der Waals surface area contributed by atoms with Crippen molar-refractivity contribution in [1.82, 2.24) is 34.1 Å². The van der Waals surface area contributed by atoms with Crippen LogP contribution in [0.4, 0.5) is 4.39 Å². The van der Waals surface area contributed by atoms with E-state index in [0.29, 0.717) is 22.5 Å². The first-order chi connectivity index (χ1) is 13.7. The first kappa shape index (κ1) is 16.5. The fraction of sp³-hybridized carbons (Fsp3) is 0.150. The van der Waals surface area contributed by atoms with Crippen molar-refractivity contribution in [2.75, 3.05) is 0 Å². The second-order valence-corrected chi connectivity index (χ2v) is 6.69. The minimum absolute atomic E-state index is 0.133. The lowest BCUT2D eigenvalue weighted by Gasteiger charge is -2.14. The maximum absolute atomic E-state index is 13.7. The van der Waals surface area contributed by atoms with E-state index in [1.807, 2.05) is 16.8 Å². The highest BCUT2D eigenvalue weighted by Gasteiger charge is 2.15. The van der Waals surface area contributed by atoms with E-state index in [1.165, 1.54) is 12.1 Å². The summed E-state index contributed by atoms with van der Waals surface area (Å²) in [6.45, 7) is 2.11. The summed E-state index contributed by atoms with van der Waals surface area (Å²) < 4.78 is 17.4. The van der Waals surface area contributed by atoms with Crippen LogP contribution >= 0.6 is 0 Å². The van der Waals surface area contributed by atoms with Crippen molar-refractivity contribution in [2.24, 2.45) is 0 Å². The third-order valence-electron chi connectivity index (χ3n) is 4.76. The number of nitrogens with zero attached hydrogens (tertiary/aromatic N) is 7. The van der Waals surface area contributed by atoms with Gasteiger partial charge >= 0.3 is 0 Å². The number of imidazole rings is 2. The number of aromatic nitrogens is 7. The Morgan fingerprint density at radius 2 is 1.93 bits per heavy atom. The quantitative estimate of drug-likeness (QED) is 0.482. The number of pyridine rings is 1. The Balaban J connectivity index is 1.57. The van der Waals surface area contributed by atoms with Crippen LogP contribution in [0.2, 0.25) is 0 Å². The number of rotatable bonds is 4. The number of fused-ring (bicyclic) bond motifs is 2. The third-order valence-corrected chi connectivity index (χ3v) is 4.76. The summed E-state index contributed by atoms with van der Waals surface area (Å²) in [5.74, 6) is 0.0985. The van der Waals surface area contributed by atoms with Crippen LogP contribution in [0, 0.1) is 5.82 Å². The zero-order valence-corrected chi connectivity index (χ0v) is 15.1. The molecule has 4 heterocycles. The average Bonchev–Trinajstić information content (AvgIpc) is 3.32. The van der Waals surface area contributed by atoms with Crippen molar-refractivity contribution in [3.8, 4) is 5.95 Å². The largest absolute Gasteiger partial charge is 0.312 e. The molecular weight excluding hydrogens is 357 g/mol. The normalized spacial score (nSPS) is 12.6. The molecule has 0 amide bonds. The van der Waals surface area contributed by atoms with Crippen LogP contribution in [0.3, 0.4) is 0 Å². The number of hydrogen-bond acceptors (Lipinski definition) is 5. The Bertz CT molecular complexity index is 1280. The molecule has 8 heteroatoms. The van der Waals surface area contributed by atoms with Gasteiger partial charge in [0.25, 0.3) is 0 Å². The van der Waals surface area contributed by atoms with Gasteiger partial charge in [-0.15, -0.1) is 0 Å². The van der Waals surface area contributed by atoms with Crippen LogP contribution in [0.15, 0.2) is 61.6 Å². The molecule has 0 saturated carbocycles. The highest BCUT2D eigenvalue weighted by Crippen LogP contribution is 2.21. The molecule has 0 spiro atoms. The lowest BCUT2D eigenvalue weighted by Crippen LogP contribution is -2.09. The molecule has 1 atom stereocenters. The second-order valence-electron chi connectivity index (χ2n) is 6.69. The van der Waals surface area contributed by atoms with Gasteiger partial charge in [0.2, 0.25) is 5.95 Å². The summed E-state index contributed by atoms with van der Waals surface area (Å²) in [5, 5.41) is 0. The van der Waals surface area contributed by atoms with E-state index in [-0.39, 0.29) is 11.9 Å². The summed E-state index contributed by atoms with van der Waals surface area (Å²) in [6, 6.07) is 8.57. The molecule has 7 nitrogen and oxygen atoms in total. The van der Waals surface area contributed by atoms with E-state index in [0.717, 1.165) is 17.6 Å². The van der Waals surface area contributed by atoms with E-state index in [9.17, 15) is 4.39 Å². The van der Waals surface area contributed by atoms with Gasteiger partial charge < -0.3 is 4.57 Å². The summed E-state index contributed by atoms with van der Waals surface area (Å²) >= 11 is 0. The monoisotopic (exact) mass is 373 g/mol. The SMILES string of the molecule is CC(Cc1cccnc1)n1cnc2cnc(-n3cnc4ccc(F)cc43)nc21. The van der Waals surface area contributed by atoms with E-state index in [4.69, 9.17) is 4.98 Å². The van der Waals surface area contributed by atoms with Crippen molar-refractivity contribution < 1.29 is 4.39 Å². The third kappa shape index (κ3) is 2.79. The van der Waals surface area contributed by atoms with Crippen LogP contribution in [0.25, 0.3) is 28.1 Å². The van der Waals surface area contributed by atoms with Crippen molar-refractivity contribution in [3.63, 3.8) is 0 Å². The smallest absolute Gasteiger partial charge is 0.237 e. The molecule has 4 aromatic heterocycles. The van der Waals surface area contributed by atoms with Gasteiger partial charge in [0.15, 0.2) is 5.65 Å². The van der Waals surface area contributed by atoms with Gasteiger partial charge in [0, 0.05) is 24.5 Å². The van der Waals surface area contributed by atoms with Gasteiger partial charge in [-0.3, -0.25) is 9.55 Å². The highest BCUT2D eigenvalue weighted by molar-refractivity contribution is 5.77. The molecule has 138 valence electrons. The Morgan fingerprint density at radius 3 is 2.79 bits per heavy atom. The van der Waals surface area contributed by atoms with E-state index < -0.39 is 0 Å². The van der Waals surface area contributed by atoms with Crippen LogP contribution in [0.1, 0.15) is 18.5 Å². The molecule has 0 aliphatic rings. The lowest BCUT2D eigenvalue weighted by molar-refractivity contribution is 0.554. The summed E-state index contributed by atoms with van der Waals surface area (Å²) in [5.41, 5.74) is 3.87. The summed E-state index contributed by atoms with van der Waals surface area (Å²) in [7, 11) is 0. The van der Waals surface area contributed by atoms with Crippen molar-refractivity contribution in [3.05, 3.63) is 73.0 Å². The molecule has 5 aromatic rings. The molecular formula is C20H16FN7. The molecule has 0 aliphatic carbocycles. The molecule has 0 N–H and O–H groups in total. The second kappa shape index (κ2) is 6.49. The number of benzene rings is 1. The zero-order valence-electron chi connectivity index (χ0n) is 15.1. The molecule has 0 aliphatic heterocycles. The van der Waals surface area contributed by atoms with Crippen molar-refractivity contribution in [2.45, 2.75) is 19.4 Å². The van der Waals surface area contributed by atoms with Gasteiger partial charge in [-0.1, -0.05) is 6.07 Å². The van der Waals surface area contributed by atoms with E-state index in [1.54, 1.807) is 35.7 Å². The first-order valence-corrected chi connectivity index (χ1v) is 8.90. The molecule has 0 saturated heterocycles. The molecule has 28 heavy (non-hydrogen) atoms. The molecule has 0 bridgehead atoms. The van der Waals surface area contributed by atoms with Gasteiger partial charge in [-0.25, -0.2) is 19.3 Å². The number of hydrogen-bond donors (Lipinski definition) is 0. The summed E-state index contributed by atoms with van der Waals surface area (Å²) in [6.07, 6.45) is 9.48. The minimum atomic E-state index is -0.328. The van der Waals surface area contributed by atoms with Crippen molar-refractivity contribution >= 4 is 22.2 Å². The molecule has 0 fully saturated rings. The van der Waals surface area contributed by atoms with Crippen molar-refractivity contribution in [1.29, 1.82) is 0 Å². The predicted octanol–water partition coefficient (Wildman–Crippen LogP) is 3.50. The predicted molar refractivity (Wildman–Crippen MR) is 103 cm³/mol. The maximum atomic E-state index is 13.7. The Labute approximate surface area is 159 Å². The fourth-order valence-corrected chi connectivity index (χ4v) is 3.35. The van der Waals surface area contributed by atoms with Gasteiger partial charge in [0.1, 0.15) is 17.7 Å². The van der Waals surface area contributed by atoms with E-state index in [2.05, 4.69) is 32.9 Å². The average molecular weight is 373 g/mol. The zero-order chi connectivity index (χ0) is 19.1. The van der Waals surface area contributed by atoms with Gasteiger partial charge in [0.05, 0.1) is 23.6 Å². The van der Waals surface area contributed by atoms with Gasteiger partial charge in [-0.05, 0) is 37.1 Å². The van der Waals surface area contributed by atoms with Crippen LogP contribution in [-0.2, 0) is 6.42 Å². The Morgan fingerprint density at radius 1 is 1.04 bits per heavy atom. The topological polar surface area (TPSA) is 74.3 Å². The number of halogens is 1. The highest BCUT2D eigenvalue weighted by atomic mass is 19.1. The fourth-order valence-electron chi connectivity index (χ4n) is 3.35. The maximum Gasteiger partial charge on any atom is 0.237 e. The van der Waals surface area contributed by atoms with Gasteiger partial charge in [-0.2, -0.15) is 4.98 Å². The molecule has 1 unspecified atom stereocenters. The van der Waals surface area contributed by atoms with E-state index >= 15 is 0 Å². The molecule has 5 rings (SSSR count). The minimum Gasteiger partial charge on any atom is -0.312 e. The molecule has 0 radical (unpaired) electrons. The molecule has 1 aromatic carbocycles. The summed E-state index contributed by atoms with van der Waals surface area (Å²) in [4.78, 5) is 22.0. The van der Waals surface area contributed by atoms with Crippen LogP contribution in [-0.4, -0.2) is 34.1 Å². The lowest BCUT2D eigenvalue weighted by atomic mass is 10.1.